The monoisotopic (exact) mass is 366 g/mol. The zero-order chi connectivity index (χ0) is 18.9. The van der Waals surface area contributed by atoms with Crippen LogP contribution in [0.25, 0.3) is 0 Å². The lowest BCUT2D eigenvalue weighted by atomic mass is 9.94. The van der Waals surface area contributed by atoms with E-state index < -0.39 is 0 Å². The summed E-state index contributed by atoms with van der Waals surface area (Å²) in [6.45, 7) is 9.28. The predicted molar refractivity (Wildman–Crippen MR) is 108 cm³/mol. The highest BCUT2D eigenvalue weighted by Gasteiger charge is 2.36. The fraction of sp³-hybridized carbons (Fsp3) is 0.429. The third-order valence-corrected chi connectivity index (χ3v) is 6.20. The van der Waals surface area contributed by atoms with Crippen molar-refractivity contribution in [3.63, 3.8) is 0 Å². The van der Waals surface area contributed by atoms with E-state index in [2.05, 4.69) is 45.7 Å². The molecule has 0 amide bonds. The summed E-state index contributed by atoms with van der Waals surface area (Å²) in [7, 11) is 2.16. The Labute approximate surface area is 159 Å². The van der Waals surface area contributed by atoms with E-state index in [-0.39, 0.29) is 11.5 Å². The summed E-state index contributed by atoms with van der Waals surface area (Å²) in [5.41, 5.74) is 8.12. The van der Waals surface area contributed by atoms with E-state index in [9.17, 15) is 10.2 Å². The van der Waals surface area contributed by atoms with Crippen LogP contribution in [-0.4, -0.2) is 42.0 Å². The lowest BCUT2D eigenvalue weighted by Crippen LogP contribution is -2.48. The van der Waals surface area contributed by atoms with Gasteiger partial charge in [-0.3, -0.25) is 4.90 Å². The molecule has 0 saturated carbocycles. The molecule has 3 aliphatic rings. The van der Waals surface area contributed by atoms with E-state index in [0.717, 1.165) is 49.8 Å². The summed E-state index contributed by atoms with van der Waals surface area (Å²) in [6.07, 6.45) is 0. The van der Waals surface area contributed by atoms with Crippen LogP contribution in [0, 0.1) is 6.92 Å². The Kier molecular flexibility index (Phi) is 3.49. The molecule has 0 radical (unpaired) electrons. The quantitative estimate of drug-likeness (QED) is 0.809. The number of hydrogen-bond donors (Lipinski definition) is 2. The van der Waals surface area contributed by atoms with Crippen molar-refractivity contribution in [1.29, 1.82) is 0 Å². The number of anilines is 3. The molecule has 5 rings (SSSR count). The molecule has 0 saturated heterocycles. The maximum absolute atomic E-state index is 10.4. The topological polar surface area (TPSA) is 53.4 Å². The summed E-state index contributed by atoms with van der Waals surface area (Å²) in [5, 5.41) is 20.7. The molecule has 0 spiro atoms. The molecule has 3 heterocycles. The van der Waals surface area contributed by atoms with Crippen LogP contribution in [0.15, 0.2) is 18.2 Å². The number of rotatable bonds is 1. The standard InChI is InChI=1S/C21H26N4O2/c1-4-23-11-22(3)8-14-5-6-17-15(21(14)23)9-25-12-24(17)10-16-19(27)7-18(26)13(2)20(16)25/h5-7,26-27H,4,8-12H2,1-3H3. The lowest BCUT2D eigenvalue weighted by Gasteiger charge is -2.48. The molecule has 0 fully saturated rings. The molecule has 2 aromatic rings. The molecule has 6 nitrogen and oxygen atoms in total. The van der Waals surface area contributed by atoms with Gasteiger partial charge in [0.1, 0.15) is 11.5 Å². The molecular formula is C21H26N4O2. The molecule has 142 valence electrons. The summed E-state index contributed by atoms with van der Waals surface area (Å²) in [6, 6.07) is 5.98. The van der Waals surface area contributed by atoms with Crippen molar-refractivity contribution in [3.05, 3.63) is 40.5 Å². The van der Waals surface area contributed by atoms with Gasteiger partial charge in [0.05, 0.1) is 25.6 Å². The van der Waals surface area contributed by atoms with Crippen molar-refractivity contribution in [2.75, 3.05) is 41.6 Å². The molecule has 0 unspecified atom stereocenters. The van der Waals surface area contributed by atoms with Gasteiger partial charge in [0.2, 0.25) is 0 Å². The fourth-order valence-corrected chi connectivity index (χ4v) is 4.99. The van der Waals surface area contributed by atoms with Crippen LogP contribution in [0.4, 0.5) is 17.1 Å². The van der Waals surface area contributed by atoms with E-state index in [1.54, 1.807) is 0 Å². The van der Waals surface area contributed by atoms with Crippen molar-refractivity contribution in [2.24, 2.45) is 0 Å². The Morgan fingerprint density at radius 1 is 0.926 bits per heavy atom. The zero-order valence-corrected chi connectivity index (χ0v) is 16.2. The lowest BCUT2D eigenvalue weighted by molar-refractivity contribution is 0.310. The molecule has 0 atom stereocenters. The van der Waals surface area contributed by atoms with Crippen LogP contribution in [-0.2, 0) is 19.6 Å². The summed E-state index contributed by atoms with van der Waals surface area (Å²) < 4.78 is 0. The second-order valence-corrected chi connectivity index (χ2v) is 7.99. The normalized spacial score (nSPS) is 18.3. The van der Waals surface area contributed by atoms with E-state index in [0.29, 0.717) is 6.54 Å². The Hall–Kier alpha value is -2.60. The van der Waals surface area contributed by atoms with E-state index >= 15 is 0 Å². The van der Waals surface area contributed by atoms with Gasteiger partial charge >= 0.3 is 0 Å². The fourth-order valence-electron chi connectivity index (χ4n) is 4.99. The first-order valence-corrected chi connectivity index (χ1v) is 9.60. The van der Waals surface area contributed by atoms with Crippen LogP contribution >= 0.6 is 0 Å². The van der Waals surface area contributed by atoms with Gasteiger partial charge in [0.25, 0.3) is 0 Å². The minimum atomic E-state index is 0.164. The first-order valence-electron chi connectivity index (χ1n) is 9.60. The third-order valence-electron chi connectivity index (χ3n) is 6.20. The second kappa shape index (κ2) is 5.70. The average Bonchev–Trinajstić information content (AvgIpc) is 2.64. The van der Waals surface area contributed by atoms with Crippen molar-refractivity contribution < 1.29 is 10.2 Å². The Morgan fingerprint density at radius 2 is 1.70 bits per heavy atom. The van der Waals surface area contributed by atoms with Gasteiger partial charge in [-0.25, -0.2) is 0 Å². The van der Waals surface area contributed by atoms with Crippen LogP contribution < -0.4 is 14.7 Å². The van der Waals surface area contributed by atoms with E-state index in [1.807, 2.05) is 6.92 Å². The van der Waals surface area contributed by atoms with Crippen molar-refractivity contribution in [2.45, 2.75) is 33.5 Å². The first kappa shape index (κ1) is 16.6. The van der Waals surface area contributed by atoms with Crippen molar-refractivity contribution in [3.8, 4) is 11.5 Å². The molecule has 27 heavy (non-hydrogen) atoms. The number of fused-ring (bicyclic) bond motifs is 8. The third kappa shape index (κ3) is 2.29. The number of hydrogen-bond acceptors (Lipinski definition) is 6. The highest BCUT2D eigenvalue weighted by atomic mass is 16.3. The number of benzene rings is 2. The molecule has 0 aromatic heterocycles. The Morgan fingerprint density at radius 3 is 2.48 bits per heavy atom. The second-order valence-electron chi connectivity index (χ2n) is 7.99. The van der Waals surface area contributed by atoms with Crippen LogP contribution in [0.3, 0.4) is 0 Å². The van der Waals surface area contributed by atoms with Gasteiger partial charge in [-0.1, -0.05) is 6.07 Å². The zero-order valence-electron chi connectivity index (χ0n) is 16.2. The highest BCUT2D eigenvalue weighted by Crippen LogP contribution is 2.48. The number of phenols is 2. The summed E-state index contributed by atoms with van der Waals surface area (Å²) in [5.74, 6) is 0.346. The molecule has 3 aliphatic heterocycles. The maximum atomic E-state index is 10.4. The Balaban J connectivity index is 1.67. The Bertz CT molecular complexity index is 943. The minimum absolute atomic E-state index is 0.164. The first-order chi connectivity index (χ1) is 13.0. The van der Waals surface area contributed by atoms with E-state index in [4.69, 9.17) is 0 Å². The molecule has 6 heteroatoms. The largest absolute Gasteiger partial charge is 0.507 e. The van der Waals surface area contributed by atoms with Crippen molar-refractivity contribution >= 4 is 17.1 Å². The molecule has 2 aromatic carbocycles. The van der Waals surface area contributed by atoms with Crippen molar-refractivity contribution in [1.82, 2.24) is 4.90 Å². The summed E-state index contributed by atoms with van der Waals surface area (Å²) >= 11 is 0. The highest BCUT2D eigenvalue weighted by molar-refractivity contribution is 5.79. The molecular weight excluding hydrogens is 340 g/mol. The van der Waals surface area contributed by atoms with Gasteiger partial charge in [0, 0.05) is 53.8 Å². The number of aromatic hydroxyl groups is 2. The average molecular weight is 366 g/mol. The number of phenolic OH excluding ortho intramolecular Hbond substituents is 2. The maximum Gasteiger partial charge on any atom is 0.126 e. The molecule has 2 bridgehead atoms. The van der Waals surface area contributed by atoms with Gasteiger partial charge in [-0.15, -0.1) is 0 Å². The van der Waals surface area contributed by atoms with Gasteiger partial charge in [-0.2, -0.15) is 0 Å². The van der Waals surface area contributed by atoms with Gasteiger partial charge in [0.15, 0.2) is 0 Å². The molecule has 2 N–H and O–H groups in total. The minimum Gasteiger partial charge on any atom is -0.507 e. The van der Waals surface area contributed by atoms with Gasteiger partial charge < -0.3 is 24.9 Å². The van der Waals surface area contributed by atoms with Crippen LogP contribution in [0.5, 0.6) is 11.5 Å². The predicted octanol–water partition coefficient (Wildman–Crippen LogP) is 2.93. The SMILES string of the molecule is CCN1CN(C)Cc2ccc3c(c21)CN1CN3Cc2c(O)cc(O)c(C)c21. The summed E-state index contributed by atoms with van der Waals surface area (Å²) in [4.78, 5) is 9.43. The van der Waals surface area contributed by atoms with Gasteiger partial charge in [-0.05, 0) is 32.5 Å². The van der Waals surface area contributed by atoms with Crippen LogP contribution in [0.1, 0.15) is 29.2 Å². The molecule has 0 aliphatic carbocycles. The van der Waals surface area contributed by atoms with E-state index in [1.165, 1.54) is 28.6 Å². The van der Waals surface area contributed by atoms with Crippen LogP contribution in [0.2, 0.25) is 0 Å². The smallest absolute Gasteiger partial charge is 0.126 e. The number of nitrogens with zero attached hydrogens (tertiary/aromatic N) is 4.